The van der Waals surface area contributed by atoms with E-state index in [-0.39, 0.29) is 11.7 Å². The van der Waals surface area contributed by atoms with Gasteiger partial charge in [0, 0.05) is 11.1 Å². The number of benzene rings is 2. The summed E-state index contributed by atoms with van der Waals surface area (Å²) < 4.78 is 134. The summed E-state index contributed by atoms with van der Waals surface area (Å²) in [4.78, 5) is 24.3. The van der Waals surface area contributed by atoms with Crippen LogP contribution in [0.4, 0.5) is 43.9 Å². The zero-order valence-corrected chi connectivity index (χ0v) is 32.7. The van der Waals surface area contributed by atoms with Gasteiger partial charge in [-0.05, 0) is 93.0 Å². The molecule has 0 aliphatic heterocycles. The largest absolute Gasteiger partial charge is 0.481 e. The van der Waals surface area contributed by atoms with Gasteiger partial charge in [0.05, 0.1) is 11.3 Å². The highest BCUT2D eigenvalue weighted by Crippen LogP contribution is 2.47. The average molecular weight is 827 g/mol. The maximum atomic E-state index is 13.5. The van der Waals surface area contributed by atoms with Crippen molar-refractivity contribution in [3.63, 3.8) is 0 Å². The molecule has 0 amide bonds. The number of halogens is 10. The second kappa shape index (κ2) is 21.1. The summed E-state index contributed by atoms with van der Waals surface area (Å²) in [5.41, 5.74) is -3.27. The molecule has 0 bridgehead atoms. The normalized spacial score (nSPS) is 22.0. The molecule has 322 valence electrons. The lowest BCUT2D eigenvalue weighted by Gasteiger charge is -2.37. The number of carboxylic acids is 1. The highest BCUT2D eigenvalue weighted by molar-refractivity contribution is 5.81. The third-order valence-corrected chi connectivity index (χ3v) is 11.7. The molecule has 2 aliphatic rings. The van der Waals surface area contributed by atoms with Crippen LogP contribution in [0.3, 0.4) is 0 Å². The number of hydrogen-bond acceptors (Lipinski definition) is 3. The molecule has 0 aromatic heterocycles. The van der Waals surface area contributed by atoms with E-state index in [0.29, 0.717) is 54.5 Å². The first-order valence-electron chi connectivity index (χ1n) is 20.2. The maximum absolute atomic E-state index is 13.5. The second-order valence-electron chi connectivity index (χ2n) is 15.8. The number of unbranched alkanes of at least 4 members (excludes halogenated alkanes) is 7. The first-order valence-corrected chi connectivity index (χ1v) is 20.2. The number of alkyl halides is 10. The quantitative estimate of drug-likeness (QED) is 0.0747. The fraction of sp³-hybridized carbons (Fsp3) is 0.674. The lowest BCUT2D eigenvalue weighted by Crippen LogP contribution is -2.40. The summed E-state index contributed by atoms with van der Waals surface area (Å²) in [6.45, 7) is 4.33. The van der Waals surface area contributed by atoms with Crippen LogP contribution in [-0.2, 0) is 26.8 Å². The van der Waals surface area contributed by atoms with E-state index >= 15 is 0 Å². The SMILES string of the molecule is CCCCCCC1CCC(C(=O)Oc2ccc(C(F)(F)C(F)(F)F)cc2)CC1.CCCCCCCC1CCC(C(=O)O)(c2ccc(C(F)(F)C(F)(F)F)cc2)CC1. The lowest BCUT2D eigenvalue weighted by molar-refractivity contribution is -0.289. The first kappa shape index (κ1) is 48.1. The minimum Gasteiger partial charge on any atom is -0.481 e. The molecule has 2 aliphatic carbocycles. The Hall–Kier alpha value is -3.32. The number of carbonyl (C=O) groups is 2. The van der Waals surface area contributed by atoms with Crippen molar-refractivity contribution in [2.45, 2.75) is 165 Å². The fourth-order valence-corrected chi connectivity index (χ4v) is 7.93. The molecular formula is C43H56F10O4. The van der Waals surface area contributed by atoms with Gasteiger partial charge in [0.2, 0.25) is 0 Å². The molecule has 57 heavy (non-hydrogen) atoms. The number of hydrogen-bond donors (Lipinski definition) is 1. The Morgan fingerprint density at radius 3 is 1.42 bits per heavy atom. The summed E-state index contributed by atoms with van der Waals surface area (Å²) in [5, 5.41) is 9.83. The van der Waals surface area contributed by atoms with Gasteiger partial charge in [0.25, 0.3) is 0 Å². The van der Waals surface area contributed by atoms with Crippen molar-refractivity contribution in [3.05, 3.63) is 65.2 Å². The van der Waals surface area contributed by atoms with E-state index in [0.717, 1.165) is 75.6 Å². The molecule has 0 atom stereocenters. The maximum Gasteiger partial charge on any atom is 0.458 e. The van der Waals surface area contributed by atoms with Gasteiger partial charge in [-0.2, -0.15) is 43.9 Å². The number of ether oxygens (including phenoxy) is 1. The van der Waals surface area contributed by atoms with E-state index in [4.69, 9.17) is 4.74 Å². The van der Waals surface area contributed by atoms with Gasteiger partial charge in [-0.25, -0.2) is 0 Å². The van der Waals surface area contributed by atoms with Gasteiger partial charge in [-0.3, -0.25) is 9.59 Å². The lowest BCUT2D eigenvalue weighted by atomic mass is 9.66. The number of rotatable bonds is 17. The van der Waals surface area contributed by atoms with E-state index in [9.17, 15) is 58.6 Å². The molecule has 2 aromatic rings. The number of carboxylic acid groups (broad SMARTS) is 1. The fourth-order valence-electron chi connectivity index (χ4n) is 7.93. The summed E-state index contributed by atoms with van der Waals surface area (Å²) in [6, 6.07) is 6.88. The molecule has 1 N–H and O–H groups in total. The van der Waals surface area contributed by atoms with Crippen molar-refractivity contribution in [1.29, 1.82) is 0 Å². The van der Waals surface area contributed by atoms with Gasteiger partial charge in [0.15, 0.2) is 0 Å². The summed E-state index contributed by atoms with van der Waals surface area (Å²) in [7, 11) is 0. The number of esters is 1. The van der Waals surface area contributed by atoms with Gasteiger partial charge in [0.1, 0.15) is 5.75 Å². The molecule has 0 radical (unpaired) electrons. The Morgan fingerprint density at radius 2 is 1.00 bits per heavy atom. The van der Waals surface area contributed by atoms with Crippen LogP contribution in [0.2, 0.25) is 0 Å². The van der Waals surface area contributed by atoms with Crippen molar-refractivity contribution in [1.82, 2.24) is 0 Å². The smallest absolute Gasteiger partial charge is 0.458 e. The molecular weight excluding hydrogens is 770 g/mol. The second-order valence-corrected chi connectivity index (χ2v) is 15.8. The van der Waals surface area contributed by atoms with Crippen molar-refractivity contribution < 1.29 is 63.3 Å². The molecule has 0 heterocycles. The molecule has 2 fully saturated rings. The summed E-state index contributed by atoms with van der Waals surface area (Å²) in [5.74, 6) is -10.6. The zero-order chi connectivity index (χ0) is 42.5. The molecule has 0 unspecified atom stereocenters. The Kier molecular flexibility index (Phi) is 17.8. The zero-order valence-electron chi connectivity index (χ0n) is 32.7. The van der Waals surface area contributed by atoms with Crippen LogP contribution >= 0.6 is 0 Å². The summed E-state index contributed by atoms with van der Waals surface area (Å²) in [6.07, 6.45) is 7.22. The third-order valence-electron chi connectivity index (χ3n) is 11.7. The van der Waals surface area contributed by atoms with Gasteiger partial charge in [-0.15, -0.1) is 0 Å². The van der Waals surface area contributed by atoms with Crippen molar-refractivity contribution in [2.75, 3.05) is 0 Å². The third kappa shape index (κ3) is 13.1. The number of aliphatic carboxylic acids is 1. The average Bonchev–Trinajstić information content (AvgIpc) is 3.16. The molecule has 14 heteroatoms. The van der Waals surface area contributed by atoms with E-state index in [1.807, 2.05) is 0 Å². The predicted molar refractivity (Wildman–Crippen MR) is 197 cm³/mol. The molecule has 0 spiro atoms. The van der Waals surface area contributed by atoms with Crippen LogP contribution in [0.5, 0.6) is 5.75 Å². The standard InChI is InChI=1S/C22H29F5O2.C21H27F5O2/c1-2-3-4-5-6-7-16-12-14-20(15-13-16,19(28)29)17-8-10-18(11-9-17)21(23,24)22(25,26)27;1-2-3-4-5-6-15-7-9-16(10-8-15)19(27)28-18-13-11-17(12-14-18)20(22,23)21(24,25)26/h8-11,16H,2-7,12-15H2,1H3,(H,28,29);11-16H,2-10H2,1H3. The highest BCUT2D eigenvalue weighted by atomic mass is 19.4. The van der Waals surface area contributed by atoms with E-state index in [1.165, 1.54) is 57.8 Å². The molecule has 4 nitrogen and oxygen atoms in total. The van der Waals surface area contributed by atoms with Crippen molar-refractivity contribution in [2.24, 2.45) is 17.8 Å². The van der Waals surface area contributed by atoms with E-state index < -0.39 is 52.7 Å². The highest BCUT2D eigenvalue weighted by Gasteiger charge is 2.59. The Balaban J connectivity index is 0.000000306. The van der Waals surface area contributed by atoms with Gasteiger partial charge >= 0.3 is 36.1 Å². The van der Waals surface area contributed by atoms with Crippen LogP contribution in [-0.4, -0.2) is 29.4 Å². The summed E-state index contributed by atoms with van der Waals surface area (Å²) >= 11 is 0. The monoisotopic (exact) mass is 826 g/mol. The first-order chi connectivity index (χ1) is 26.7. The molecule has 4 rings (SSSR count). The van der Waals surface area contributed by atoms with Gasteiger partial charge < -0.3 is 9.84 Å². The molecule has 2 saturated carbocycles. The topological polar surface area (TPSA) is 63.6 Å². The molecule has 2 aromatic carbocycles. The minimum absolute atomic E-state index is 0.0200. The van der Waals surface area contributed by atoms with Gasteiger partial charge in [-0.1, -0.05) is 109 Å². The predicted octanol–water partition coefficient (Wildman–Crippen LogP) is 14.2. The van der Waals surface area contributed by atoms with E-state index in [2.05, 4.69) is 13.8 Å². The number of carbonyl (C=O) groups excluding carboxylic acids is 1. The Labute approximate surface area is 329 Å². The molecule has 0 saturated heterocycles. The van der Waals surface area contributed by atoms with Crippen LogP contribution < -0.4 is 4.74 Å². The minimum atomic E-state index is -5.69. The van der Waals surface area contributed by atoms with Crippen LogP contribution in [0.25, 0.3) is 0 Å². The Bertz CT molecular complexity index is 1500. The van der Waals surface area contributed by atoms with Crippen LogP contribution in [0, 0.1) is 17.8 Å². The van der Waals surface area contributed by atoms with Crippen LogP contribution in [0.15, 0.2) is 48.5 Å². The van der Waals surface area contributed by atoms with Crippen molar-refractivity contribution >= 4 is 11.9 Å². The Morgan fingerprint density at radius 1 is 0.596 bits per heavy atom. The van der Waals surface area contributed by atoms with E-state index in [1.54, 1.807) is 0 Å². The van der Waals surface area contributed by atoms with Crippen molar-refractivity contribution in [3.8, 4) is 5.75 Å². The van der Waals surface area contributed by atoms with Crippen LogP contribution in [0.1, 0.15) is 153 Å².